The number of benzene rings is 11. The van der Waals surface area contributed by atoms with E-state index in [1.165, 1.54) is 37.7 Å². The Kier molecular flexibility index (Phi) is 7.91. The van der Waals surface area contributed by atoms with Gasteiger partial charge in [-0.3, -0.25) is 0 Å². The van der Waals surface area contributed by atoms with Crippen molar-refractivity contribution >= 4 is 86.8 Å². The first-order valence-corrected chi connectivity index (χ1v) is 22.3. The summed E-state index contributed by atoms with van der Waals surface area (Å²) in [5.74, 6) is 1.78. The molecule has 5 heteroatoms. The highest BCUT2D eigenvalue weighted by atomic mass is 16.3. The van der Waals surface area contributed by atoms with Gasteiger partial charge in [-0.2, -0.15) is 0 Å². The van der Waals surface area contributed by atoms with Crippen molar-refractivity contribution in [3.05, 3.63) is 218 Å². The molecule has 0 aliphatic carbocycles. The number of nitrogens with zero attached hydrogens (tertiary/aromatic N) is 4. The van der Waals surface area contributed by atoms with Crippen LogP contribution in [0.25, 0.3) is 138 Å². The topological polar surface area (TPSA) is 56.7 Å². The molecular formula is C61H36N4O. The molecule has 0 unspecified atom stereocenters. The zero-order valence-electron chi connectivity index (χ0n) is 35.5. The highest BCUT2D eigenvalue weighted by molar-refractivity contribution is 6.28. The van der Waals surface area contributed by atoms with Gasteiger partial charge in [0.2, 0.25) is 0 Å². The Hall–Kier alpha value is -8.93. The molecule has 0 fully saturated rings. The largest absolute Gasteiger partial charge is 0.455 e. The van der Waals surface area contributed by atoms with Crippen LogP contribution in [-0.2, 0) is 0 Å². The quantitative estimate of drug-likeness (QED) is 0.162. The minimum absolute atomic E-state index is 0.573. The number of furan rings is 1. The van der Waals surface area contributed by atoms with Crippen molar-refractivity contribution in [2.45, 2.75) is 0 Å². The van der Waals surface area contributed by atoms with Gasteiger partial charge >= 0.3 is 0 Å². The van der Waals surface area contributed by atoms with E-state index in [9.17, 15) is 0 Å². The van der Waals surface area contributed by atoms with Gasteiger partial charge in [0.1, 0.15) is 11.2 Å². The summed E-state index contributed by atoms with van der Waals surface area (Å²) in [5.41, 5.74) is 9.59. The van der Waals surface area contributed by atoms with Crippen LogP contribution in [0.15, 0.2) is 223 Å². The Morgan fingerprint density at radius 2 is 0.879 bits per heavy atom. The molecule has 3 aromatic heterocycles. The number of hydrogen-bond donors (Lipinski definition) is 0. The van der Waals surface area contributed by atoms with Crippen LogP contribution in [0.3, 0.4) is 0 Å². The lowest BCUT2D eigenvalue weighted by Gasteiger charge is -2.17. The molecule has 0 spiro atoms. The average Bonchev–Trinajstić information content (AvgIpc) is 3.93. The number of aromatic nitrogens is 4. The molecule has 0 amide bonds. The van der Waals surface area contributed by atoms with Crippen LogP contribution in [0.1, 0.15) is 0 Å². The van der Waals surface area contributed by atoms with Crippen LogP contribution < -0.4 is 0 Å². The first-order chi connectivity index (χ1) is 32.7. The number of rotatable bonds is 5. The maximum atomic E-state index is 6.80. The van der Waals surface area contributed by atoms with Crippen molar-refractivity contribution in [1.82, 2.24) is 19.5 Å². The first-order valence-electron chi connectivity index (χ1n) is 22.3. The van der Waals surface area contributed by atoms with Gasteiger partial charge in [-0.05, 0) is 85.7 Å². The van der Waals surface area contributed by atoms with Crippen LogP contribution >= 0.6 is 0 Å². The summed E-state index contributed by atoms with van der Waals surface area (Å²) in [7, 11) is 0. The molecule has 0 atom stereocenters. The fourth-order valence-electron chi connectivity index (χ4n) is 10.5. The standard InChI is InChI=1S/C61H36N4O/c1-2-16-37(17-3-1)59-62-60(64-61(63-59)51-29-14-26-47-43-21-7-6-20-41(43)42-22-8-9-25-46(42)57(47)51)50-33-32-40(36-52(50)49-28-15-27-48-45-24-11-13-31-56(45)66-58(48)49)65-54-30-12-10-23-44(54)53-34-38-18-4-5-19-39(38)35-55(53)65/h1-36H. The lowest BCUT2D eigenvalue weighted by Crippen LogP contribution is -2.03. The average molecular weight is 841 g/mol. The monoisotopic (exact) mass is 840 g/mol. The highest BCUT2D eigenvalue weighted by Gasteiger charge is 2.23. The van der Waals surface area contributed by atoms with E-state index in [4.69, 9.17) is 19.4 Å². The molecule has 5 nitrogen and oxygen atoms in total. The predicted octanol–water partition coefficient (Wildman–Crippen LogP) is 16.1. The number of para-hydroxylation sites is 3. The number of hydrogen-bond acceptors (Lipinski definition) is 4. The summed E-state index contributed by atoms with van der Waals surface area (Å²) >= 11 is 0. The van der Waals surface area contributed by atoms with Crippen LogP contribution in [0.2, 0.25) is 0 Å². The molecule has 0 saturated carbocycles. The SMILES string of the molecule is c1ccc(-c2nc(-c3ccc(-n4c5ccccc5c5cc6ccccc6cc54)cc3-c3cccc4c3oc3ccccc34)nc(-c3cccc4c5ccccc5c5ccccc5c34)n2)cc1. The Bertz CT molecular complexity index is 4250. The summed E-state index contributed by atoms with van der Waals surface area (Å²) in [4.78, 5) is 16.2. The van der Waals surface area contributed by atoms with Gasteiger partial charge in [0.05, 0.1) is 11.0 Å². The van der Waals surface area contributed by atoms with Gasteiger partial charge < -0.3 is 8.98 Å². The second kappa shape index (κ2) is 14.3. The molecule has 0 radical (unpaired) electrons. The maximum Gasteiger partial charge on any atom is 0.164 e. The van der Waals surface area contributed by atoms with E-state index >= 15 is 0 Å². The van der Waals surface area contributed by atoms with Crippen LogP contribution in [0.4, 0.5) is 0 Å². The summed E-state index contributed by atoms with van der Waals surface area (Å²) in [6, 6.07) is 77.4. The third kappa shape index (κ3) is 5.50. The molecule has 0 bridgehead atoms. The van der Waals surface area contributed by atoms with E-state index in [2.05, 4.69) is 193 Å². The minimum Gasteiger partial charge on any atom is -0.455 e. The van der Waals surface area contributed by atoms with Gasteiger partial charge in [-0.15, -0.1) is 0 Å². The van der Waals surface area contributed by atoms with E-state index in [0.29, 0.717) is 17.5 Å². The second-order valence-electron chi connectivity index (χ2n) is 17.1. The predicted molar refractivity (Wildman–Crippen MR) is 273 cm³/mol. The Morgan fingerprint density at radius 3 is 1.65 bits per heavy atom. The smallest absolute Gasteiger partial charge is 0.164 e. The van der Waals surface area contributed by atoms with Gasteiger partial charge in [-0.1, -0.05) is 176 Å². The normalized spacial score (nSPS) is 11.9. The van der Waals surface area contributed by atoms with Gasteiger partial charge in [0, 0.05) is 54.9 Å². The Morgan fingerprint density at radius 1 is 0.318 bits per heavy atom. The van der Waals surface area contributed by atoms with Crippen molar-refractivity contribution in [3.63, 3.8) is 0 Å². The summed E-state index contributed by atoms with van der Waals surface area (Å²) < 4.78 is 9.19. The summed E-state index contributed by atoms with van der Waals surface area (Å²) in [5, 5.41) is 14.0. The molecule has 14 rings (SSSR count). The molecule has 0 N–H and O–H groups in total. The maximum absolute atomic E-state index is 6.80. The van der Waals surface area contributed by atoms with Crippen molar-refractivity contribution in [2.75, 3.05) is 0 Å². The fourth-order valence-corrected chi connectivity index (χ4v) is 10.5. The summed E-state index contributed by atoms with van der Waals surface area (Å²) in [6.07, 6.45) is 0. The lowest BCUT2D eigenvalue weighted by atomic mass is 9.91. The molecular weight excluding hydrogens is 805 g/mol. The lowest BCUT2D eigenvalue weighted by molar-refractivity contribution is 0.670. The molecule has 66 heavy (non-hydrogen) atoms. The zero-order valence-corrected chi connectivity index (χ0v) is 35.5. The van der Waals surface area contributed by atoms with E-state index in [1.807, 2.05) is 30.3 Å². The van der Waals surface area contributed by atoms with E-state index in [1.54, 1.807) is 0 Å². The van der Waals surface area contributed by atoms with E-state index < -0.39 is 0 Å². The number of fused-ring (bicyclic) bond motifs is 13. The third-order valence-corrected chi connectivity index (χ3v) is 13.4. The van der Waals surface area contributed by atoms with Gasteiger partial charge in [0.25, 0.3) is 0 Å². The molecule has 14 aromatic rings. The fraction of sp³-hybridized carbons (Fsp3) is 0. The van der Waals surface area contributed by atoms with Crippen molar-refractivity contribution in [1.29, 1.82) is 0 Å². The van der Waals surface area contributed by atoms with Crippen LogP contribution in [-0.4, -0.2) is 19.5 Å². The van der Waals surface area contributed by atoms with Crippen molar-refractivity contribution < 1.29 is 4.42 Å². The van der Waals surface area contributed by atoms with Crippen LogP contribution in [0, 0.1) is 0 Å². The van der Waals surface area contributed by atoms with E-state index in [0.717, 1.165) is 82.6 Å². The van der Waals surface area contributed by atoms with Gasteiger partial charge in [0.15, 0.2) is 17.5 Å². The summed E-state index contributed by atoms with van der Waals surface area (Å²) in [6.45, 7) is 0. The Labute approximate surface area is 378 Å². The molecule has 306 valence electrons. The van der Waals surface area contributed by atoms with Crippen molar-refractivity contribution in [3.8, 4) is 51.0 Å². The zero-order chi connectivity index (χ0) is 43.3. The minimum atomic E-state index is 0.573. The first kappa shape index (κ1) is 36.5. The third-order valence-electron chi connectivity index (χ3n) is 13.4. The second-order valence-corrected chi connectivity index (χ2v) is 17.1. The van der Waals surface area contributed by atoms with Crippen LogP contribution in [0.5, 0.6) is 0 Å². The molecule has 11 aromatic carbocycles. The molecule has 3 heterocycles. The molecule has 0 aliphatic heterocycles. The highest BCUT2D eigenvalue weighted by Crippen LogP contribution is 2.44. The van der Waals surface area contributed by atoms with E-state index in [-0.39, 0.29) is 0 Å². The van der Waals surface area contributed by atoms with Gasteiger partial charge in [-0.25, -0.2) is 15.0 Å². The van der Waals surface area contributed by atoms with Crippen molar-refractivity contribution in [2.24, 2.45) is 0 Å². The molecule has 0 aliphatic rings. The molecule has 0 saturated heterocycles. The Balaban J connectivity index is 1.08.